The van der Waals surface area contributed by atoms with Gasteiger partial charge in [-0.25, -0.2) is 0 Å². The van der Waals surface area contributed by atoms with Gasteiger partial charge >= 0.3 is 0 Å². The average Bonchev–Trinajstić information content (AvgIpc) is 2.88. The summed E-state index contributed by atoms with van der Waals surface area (Å²) in [7, 11) is 0. The normalized spacial score (nSPS) is 27.5. The Labute approximate surface area is 134 Å². The van der Waals surface area contributed by atoms with E-state index >= 15 is 0 Å². The van der Waals surface area contributed by atoms with Gasteiger partial charge in [0, 0.05) is 30.4 Å². The number of carbonyl (C=O) groups excluding carboxylic acids is 1. The molecule has 0 saturated carbocycles. The SMILES string of the molecule is C[C@H]1C[C@@H](NC2CCN(CC(N)=O)CC2)c2ccsc2S1. The molecule has 2 atom stereocenters. The molecule has 116 valence electrons. The first-order valence-corrected chi connectivity index (χ1v) is 9.38. The predicted octanol–water partition coefficient (Wildman–Crippen LogP) is 2.21. The van der Waals surface area contributed by atoms with E-state index in [1.165, 1.54) is 16.2 Å². The average molecular weight is 326 g/mol. The fourth-order valence-electron chi connectivity index (χ4n) is 3.27. The van der Waals surface area contributed by atoms with Gasteiger partial charge in [-0.15, -0.1) is 23.1 Å². The Bertz CT molecular complexity index is 497. The van der Waals surface area contributed by atoms with E-state index in [1.807, 2.05) is 23.1 Å². The number of primary amides is 1. The zero-order chi connectivity index (χ0) is 14.8. The highest BCUT2D eigenvalue weighted by Crippen LogP contribution is 2.44. The summed E-state index contributed by atoms with van der Waals surface area (Å²) in [5.41, 5.74) is 6.76. The Morgan fingerprint density at radius 3 is 2.95 bits per heavy atom. The number of amides is 1. The van der Waals surface area contributed by atoms with Crippen LogP contribution < -0.4 is 11.1 Å². The first-order valence-electron chi connectivity index (χ1n) is 7.62. The van der Waals surface area contributed by atoms with Gasteiger partial charge in [0.1, 0.15) is 0 Å². The quantitative estimate of drug-likeness (QED) is 0.891. The van der Waals surface area contributed by atoms with E-state index in [0.717, 1.165) is 25.9 Å². The van der Waals surface area contributed by atoms with E-state index in [2.05, 4.69) is 28.6 Å². The molecular weight excluding hydrogens is 302 g/mol. The molecule has 2 aliphatic rings. The van der Waals surface area contributed by atoms with E-state index in [0.29, 0.717) is 23.9 Å². The lowest BCUT2D eigenvalue weighted by Gasteiger charge is -2.36. The van der Waals surface area contributed by atoms with Crippen LogP contribution in [0.25, 0.3) is 0 Å². The van der Waals surface area contributed by atoms with Crippen molar-refractivity contribution in [1.29, 1.82) is 0 Å². The van der Waals surface area contributed by atoms with E-state index in [4.69, 9.17) is 5.73 Å². The highest BCUT2D eigenvalue weighted by atomic mass is 32.2. The van der Waals surface area contributed by atoms with Crippen molar-refractivity contribution in [3.63, 3.8) is 0 Å². The maximum Gasteiger partial charge on any atom is 0.231 e. The van der Waals surface area contributed by atoms with Gasteiger partial charge in [-0.3, -0.25) is 9.69 Å². The molecule has 0 aromatic carbocycles. The van der Waals surface area contributed by atoms with Gasteiger partial charge in [0.25, 0.3) is 0 Å². The number of hydrogen-bond donors (Lipinski definition) is 2. The fraction of sp³-hybridized carbons (Fsp3) is 0.667. The summed E-state index contributed by atoms with van der Waals surface area (Å²) in [6, 6.07) is 3.33. The number of thiophene rings is 1. The molecular formula is C15H23N3OS2. The Balaban J connectivity index is 1.55. The molecule has 1 aromatic rings. The van der Waals surface area contributed by atoms with Crippen LogP contribution in [0.5, 0.6) is 0 Å². The largest absolute Gasteiger partial charge is 0.369 e. The van der Waals surface area contributed by atoms with Gasteiger partial charge in [0.05, 0.1) is 10.8 Å². The number of nitrogens with one attached hydrogen (secondary N) is 1. The maximum atomic E-state index is 11.0. The van der Waals surface area contributed by atoms with Crippen LogP contribution in [0.1, 0.15) is 37.8 Å². The number of thioether (sulfide) groups is 1. The van der Waals surface area contributed by atoms with Gasteiger partial charge < -0.3 is 11.1 Å². The second-order valence-corrected chi connectivity index (χ2v) is 8.69. The van der Waals surface area contributed by atoms with E-state index in [-0.39, 0.29) is 5.91 Å². The molecule has 3 N–H and O–H groups in total. The molecule has 6 heteroatoms. The number of likely N-dealkylation sites (tertiary alicyclic amines) is 1. The number of fused-ring (bicyclic) bond motifs is 1. The van der Waals surface area contributed by atoms with Crippen LogP contribution in [0.3, 0.4) is 0 Å². The molecule has 0 spiro atoms. The second kappa shape index (κ2) is 6.69. The number of piperidine rings is 1. The third-order valence-electron chi connectivity index (χ3n) is 4.31. The van der Waals surface area contributed by atoms with Crippen LogP contribution in [0.15, 0.2) is 15.7 Å². The van der Waals surface area contributed by atoms with Crippen molar-refractivity contribution in [2.24, 2.45) is 5.73 Å². The summed E-state index contributed by atoms with van der Waals surface area (Å²) in [5, 5.41) is 6.75. The Kier molecular flexibility index (Phi) is 4.88. The minimum atomic E-state index is -0.220. The molecule has 4 nitrogen and oxygen atoms in total. The lowest BCUT2D eigenvalue weighted by Crippen LogP contribution is -2.46. The molecule has 1 saturated heterocycles. The van der Waals surface area contributed by atoms with Gasteiger partial charge in [-0.2, -0.15) is 0 Å². The zero-order valence-electron chi connectivity index (χ0n) is 12.4. The predicted molar refractivity (Wildman–Crippen MR) is 88.8 cm³/mol. The topological polar surface area (TPSA) is 58.4 Å². The third kappa shape index (κ3) is 3.80. The lowest BCUT2D eigenvalue weighted by atomic mass is 9.99. The Morgan fingerprint density at radius 1 is 1.48 bits per heavy atom. The molecule has 1 aromatic heterocycles. The van der Waals surface area contributed by atoms with Gasteiger partial charge in [-0.05, 0) is 36.3 Å². The van der Waals surface area contributed by atoms with Crippen molar-refractivity contribution in [2.75, 3.05) is 19.6 Å². The van der Waals surface area contributed by atoms with Crippen LogP contribution in [-0.4, -0.2) is 41.7 Å². The summed E-state index contributed by atoms with van der Waals surface area (Å²) in [6.07, 6.45) is 3.41. The van der Waals surface area contributed by atoms with E-state index in [9.17, 15) is 4.79 Å². The van der Waals surface area contributed by atoms with Crippen LogP contribution in [0, 0.1) is 0 Å². The zero-order valence-corrected chi connectivity index (χ0v) is 14.0. The fourth-order valence-corrected chi connectivity index (χ4v) is 5.84. The number of carbonyl (C=O) groups is 1. The third-order valence-corrected chi connectivity index (χ3v) is 6.66. The summed E-state index contributed by atoms with van der Waals surface area (Å²) >= 11 is 3.88. The number of nitrogens with zero attached hydrogens (tertiary/aromatic N) is 1. The molecule has 0 aliphatic carbocycles. The van der Waals surface area contributed by atoms with Crippen LogP contribution >= 0.6 is 23.1 Å². The standard InChI is InChI=1S/C15H23N3OS2/c1-10-8-13(12-4-7-20-15(12)21-10)17-11-2-5-18(6-3-11)9-14(16)19/h4,7,10-11,13,17H,2-3,5-6,8-9H2,1H3,(H2,16,19)/t10-,13+/m0/s1. The summed E-state index contributed by atoms with van der Waals surface area (Å²) in [4.78, 5) is 13.1. The van der Waals surface area contributed by atoms with Crippen LogP contribution in [0.4, 0.5) is 0 Å². The van der Waals surface area contributed by atoms with Crippen molar-refractivity contribution in [1.82, 2.24) is 10.2 Å². The van der Waals surface area contributed by atoms with E-state index < -0.39 is 0 Å². The maximum absolute atomic E-state index is 11.0. The van der Waals surface area contributed by atoms with Crippen LogP contribution in [0.2, 0.25) is 0 Å². The van der Waals surface area contributed by atoms with Gasteiger partial charge in [0.15, 0.2) is 0 Å². The molecule has 0 radical (unpaired) electrons. The van der Waals surface area contributed by atoms with Gasteiger partial charge in [-0.1, -0.05) is 6.92 Å². The van der Waals surface area contributed by atoms with Crippen molar-refractivity contribution in [2.45, 2.75) is 47.7 Å². The Hall–Kier alpha value is -0.560. The van der Waals surface area contributed by atoms with Crippen molar-refractivity contribution >= 4 is 29.0 Å². The monoisotopic (exact) mass is 325 g/mol. The molecule has 1 amide bonds. The minimum absolute atomic E-state index is 0.220. The highest BCUT2D eigenvalue weighted by molar-refractivity contribution is 8.01. The first-order chi connectivity index (χ1) is 10.1. The number of hydrogen-bond acceptors (Lipinski definition) is 5. The molecule has 2 aliphatic heterocycles. The van der Waals surface area contributed by atoms with Crippen molar-refractivity contribution in [3.8, 4) is 0 Å². The van der Waals surface area contributed by atoms with Gasteiger partial charge in [0.2, 0.25) is 5.91 Å². The van der Waals surface area contributed by atoms with Crippen molar-refractivity contribution in [3.05, 3.63) is 17.0 Å². The number of rotatable bonds is 4. The lowest BCUT2D eigenvalue weighted by molar-refractivity contribution is -0.119. The Morgan fingerprint density at radius 2 is 2.24 bits per heavy atom. The molecule has 0 unspecified atom stereocenters. The summed E-state index contributed by atoms with van der Waals surface area (Å²) < 4.78 is 1.48. The molecule has 3 heterocycles. The van der Waals surface area contributed by atoms with E-state index in [1.54, 1.807) is 0 Å². The summed E-state index contributed by atoms with van der Waals surface area (Å²) in [6.45, 7) is 4.65. The smallest absolute Gasteiger partial charge is 0.231 e. The number of nitrogens with two attached hydrogens (primary N) is 1. The molecule has 21 heavy (non-hydrogen) atoms. The van der Waals surface area contributed by atoms with Crippen LogP contribution in [-0.2, 0) is 4.79 Å². The molecule has 1 fully saturated rings. The second-order valence-electron chi connectivity index (χ2n) is 6.06. The molecule has 0 bridgehead atoms. The summed E-state index contributed by atoms with van der Waals surface area (Å²) in [5.74, 6) is -0.220. The first kappa shape index (κ1) is 15.3. The molecule has 3 rings (SSSR count). The minimum Gasteiger partial charge on any atom is -0.369 e. The highest BCUT2D eigenvalue weighted by Gasteiger charge is 2.29. The van der Waals surface area contributed by atoms with Crippen molar-refractivity contribution < 1.29 is 4.79 Å².